The van der Waals surface area contributed by atoms with Gasteiger partial charge in [-0.05, 0) is 41.5 Å². The first-order valence-electron chi connectivity index (χ1n) is 7.56. The molecule has 2 N–H and O–H groups in total. The summed E-state index contributed by atoms with van der Waals surface area (Å²) in [6.07, 6.45) is 1.84. The SMILES string of the molecule is [C-]#[N+]c1cccc(-n2ncc3ccc(-c4cccc(N)c4)cc32)c1. The van der Waals surface area contributed by atoms with Crippen molar-refractivity contribution in [3.63, 3.8) is 0 Å². The molecule has 0 fully saturated rings. The molecule has 0 unspecified atom stereocenters. The number of nitrogens with two attached hydrogens (primary N) is 1. The lowest BCUT2D eigenvalue weighted by Crippen LogP contribution is -1.95. The van der Waals surface area contributed by atoms with Gasteiger partial charge in [-0.25, -0.2) is 9.53 Å². The van der Waals surface area contributed by atoms with Crippen LogP contribution in [0.3, 0.4) is 0 Å². The Bertz CT molecular complexity index is 1090. The summed E-state index contributed by atoms with van der Waals surface area (Å²) in [4.78, 5) is 3.49. The Morgan fingerprint density at radius 3 is 2.58 bits per heavy atom. The van der Waals surface area contributed by atoms with E-state index in [2.05, 4.69) is 28.1 Å². The molecule has 0 saturated heterocycles. The molecule has 0 aliphatic heterocycles. The lowest BCUT2D eigenvalue weighted by molar-refractivity contribution is 0.911. The number of anilines is 1. The normalized spacial score (nSPS) is 10.6. The van der Waals surface area contributed by atoms with Gasteiger partial charge in [0.25, 0.3) is 0 Å². The Hall–Kier alpha value is -3.58. The molecule has 0 saturated carbocycles. The number of benzene rings is 3. The maximum Gasteiger partial charge on any atom is 0.189 e. The number of nitrogen functional groups attached to an aromatic ring is 1. The summed E-state index contributed by atoms with van der Waals surface area (Å²) in [7, 11) is 0. The zero-order chi connectivity index (χ0) is 16.5. The van der Waals surface area contributed by atoms with Crippen LogP contribution in [0.1, 0.15) is 0 Å². The van der Waals surface area contributed by atoms with Crippen LogP contribution in [-0.2, 0) is 0 Å². The average Bonchev–Trinajstić information content (AvgIpc) is 3.05. The molecule has 1 heterocycles. The van der Waals surface area contributed by atoms with Gasteiger partial charge in [0, 0.05) is 11.1 Å². The van der Waals surface area contributed by atoms with Gasteiger partial charge in [-0.1, -0.05) is 36.4 Å². The predicted molar refractivity (Wildman–Crippen MR) is 97.2 cm³/mol. The smallest absolute Gasteiger partial charge is 0.189 e. The topological polar surface area (TPSA) is 48.2 Å². The molecule has 3 aromatic carbocycles. The maximum atomic E-state index is 7.18. The van der Waals surface area contributed by atoms with E-state index in [0.717, 1.165) is 33.4 Å². The molecule has 24 heavy (non-hydrogen) atoms. The molecule has 0 aliphatic carbocycles. The van der Waals surface area contributed by atoms with E-state index in [4.69, 9.17) is 12.3 Å². The first-order chi connectivity index (χ1) is 11.7. The summed E-state index contributed by atoms with van der Waals surface area (Å²) < 4.78 is 1.86. The fourth-order valence-corrected chi connectivity index (χ4v) is 2.82. The Morgan fingerprint density at radius 1 is 0.917 bits per heavy atom. The lowest BCUT2D eigenvalue weighted by Gasteiger charge is -2.07. The molecule has 4 aromatic rings. The van der Waals surface area contributed by atoms with Gasteiger partial charge in [0.2, 0.25) is 0 Å². The molecule has 1 aromatic heterocycles. The van der Waals surface area contributed by atoms with Gasteiger partial charge in [-0.15, -0.1) is 0 Å². The van der Waals surface area contributed by atoms with Crippen LogP contribution in [0.2, 0.25) is 0 Å². The molecule has 4 heteroatoms. The van der Waals surface area contributed by atoms with Crippen LogP contribution < -0.4 is 5.73 Å². The third kappa shape index (κ3) is 2.38. The Balaban J connectivity index is 1.89. The van der Waals surface area contributed by atoms with E-state index in [1.54, 1.807) is 6.07 Å². The second kappa shape index (κ2) is 5.56. The number of nitrogens with zero attached hydrogens (tertiary/aromatic N) is 3. The van der Waals surface area contributed by atoms with Crippen LogP contribution in [0.25, 0.3) is 32.6 Å². The average molecular weight is 310 g/mol. The van der Waals surface area contributed by atoms with Crippen molar-refractivity contribution in [2.75, 3.05) is 5.73 Å². The van der Waals surface area contributed by atoms with E-state index in [-0.39, 0.29) is 0 Å². The van der Waals surface area contributed by atoms with E-state index in [1.165, 1.54) is 0 Å². The minimum absolute atomic E-state index is 0.600. The molecule has 0 atom stereocenters. The van der Waals surface area contributed by atoms with Crippen molar-refractivity contribution in [2.24, 2.45) is 0 Å². The van der Waals surface area contributed by atoms with E-state index in [1.807, 2.05) is 53.3 Å². The quantitative estimate of drug-likeness (QED) is 0.426. The van der Waals surface area contributed by atoms with Gasteiger partial charge < -0.3 is 5.73 Å². The third-order valence-electron chi connectivity index (χ3n) is 3.99. The molecule has 4 nitrogen and oxygen atoms in total. The lowest BCUT2D eigenvalue weighted by atomic mass is 10.0. The number of hydrogen-bond donors (Lipinski definition) is 1. The molecule has 0 spiro atoms. The number of fused-ring (bicyclic) bond motifs is 1. The first-order valence-corrected chi connectivity index (χ1v) is 7.56. The maximum absolute atomic E-state index is 7.18. The first kappa shape index (κ1) is 14.0. The van der Waals surface area contributed by atoms with Crippen molar-refractivity contribution in [1.82, 2.24) is 9.78 Å². The van der Waals surface area contributed by atoms with Crippen molar-refractivity contribution in [1.29, 1.82) is 0 Å². The van der Waals surface area contributed by atoms with Crippen LogP contribution in [0.15, 0.2) is 72.9 Å². The fraction of sp³-hybridized carbons (Fsp3) is 0. The highest BCUT2D eigenvalue weighted by Gasteiger charge is 2.08. The second-order valence-electron chi connectivity index (χ2n) is 5.59. The highest BCUT2D eigenvalue weighted by Crippen LogP contribution is 2.28. The molecular weight excluding hydrogens is 296 g/mol. The van der Waals surface area contributed by atoms with Crippen LogP contribution in [0, 0.1) is 6.57 Å². The van der Waals surface area contributed by atoms with Gasteiger partial charge >= 0.3 is 0 Å². The molecule has 0 amide bonds. The minimum Gasteiger partial charge on any atom is -0.399 e. The fourth-order valence-electron chi connectivity index (χ4n) is 2.82. The summed E-state index contributed by atoms with van der Waals surface area (Å²) in [6, 6.07) is 21.5. The van der Waals surface area contributed by atoms with Crippen LogP contribution in [-0.4, -0.2) is 9.78 Å². The van der Waals surface area contributed by atoms with Crippen LogP contribution in [0.4, 0.5) is 11.4 Å². The van der Waals surface area contributed by atoms with Crippen molar-refractivity contribution < 1.29 is 0 Å². The van der Waals surface area contributed by atoms with Gasteiger partial charge in [-0.3, -0.25) is 0 Å². The molecule has 0 aliphatic rings. The molecular formula is C20H14N4. The molecule has 0 bridgehead atoms. The van der Waals surface area contributed by atoms with Gasteiger partial charge in [0.15, 0.2) is 5.69 Å². The summed E-state index contributed by atoms with van der Waals surface area (Å²) in [5.41, 5.74) is 11.3. The Kier molecular flexibility index (Phi) is 3.25. The zero-order valence-electron chi connectivity index (χ0n) is 12.8. The van der Waals surface area contributed by atoms with E-state index in [9.17, 15) is 0 Å². The highest BCUT2D eigenvalue weighted by atomic mass is 15.3. The van der Waals surface area contributed by atoms with E-state index < -0.39 is 0 Å². The van der Waals surface area contributed by atoms with Crippen molar-refractivity contribution in [3.05, 3.63) is 84.3 Å². The van der Waals surface area contributed by atoms with Gasteiger partial charge in [0.05, 0.1) is 24.0 Å². The third-order valence-corrected chi connectivity index (χ3v) is 3.99. The summed E-state index contributed by atoms with van der Waals surface area (Å²) in [6.45, 7) is 7.18. The number of hydrogen-bond acceptors (Lipinski definition) is 2. The van der Waals surface area contributed by atoms with E-state index >= 15 is 0 Å². The van der Waals surface area contributed by atoms with Gasteiger partial charge in [0.1, 0.15) is 0 Å². The molecule has 114 valence electrons. The number of aromatic nitrogens is 2. The van der Waals surface area contributed by atoms with Crippen LogP contribution in [0.5, 0.6) is 0 Å². The second-order valence-corrected chi connectivity index (χ2v) is 5.59. The number of rotatable bonds is 2. The Labute approximate surface area is 139 Å². The van der Waals surface area contributed by atoms with Crippen molar-refractivity contribution in [2.45, 2.75) is 0 Å². The predicted octanol–water partition coefficient (Wildman–Crippen LogP) is 4.83. The van der Waals surface area contributed by atoms with Crippen molar-refractivity contribution >= 4 is 22.3 Å². The van der Waals surface area contributed by atoms with Crippen LogP contribution >= 0.6 is 0 Å². The molecule has 0 radical (unpaired) electrons. The Morgan fingerprint density at radius 2 is 1.75 bits per heavy atom. The summed E-state index contributed by atoms with van der Waals surface area (Å²) in [5, 5.41) is 5.53. The molecule has 4 rings (SSSR count). The van der Waals surface area contributed by atoms with E-state index in [0.29, 0.717) is 5.69 Å². The van der Waals surface area contributed by atoms with Crippen molar-refractivity contribution in [3.8, 4) is 16.8 Å². The standard InChI is InChI=1S/C20H14N4/c1-22-18-6-3-7-19(12-18)24-20-11-15(8-9-16(20)13-23-24)14-4-2-5-17(21)10-14/h2-13H,21H2. The monoisotopic (exact) mass is 310 g/mol. The largest absolute Gasteiger partial charge is 0.399 e. The minimum atomic E-state index is 0.600. The summed E-state index contributed by atoms with van der Waals surface area (Å²) in [5.74, 6) is 0. The summed E-state index contributed by atoms with van der Waals surface area (Å²) >= 11 is 0. The zero-order valence-corrected chi connectivity index (χ0v) is 12.8. The highest BCUT2D eigenvalue weighted by molar-refractivity contribution is 5.86. The van der Waals surface area contributed by atoms with Gasteiger partial charge in [-0.2, -0.15) is 5.10 Å².